The van der Waals surface area contributed by atoms with Crippen LogP contribution >= 0.6 is 0 Å². The summed E-state index contributed by atoms with van der Waals surface area (Å²) in [5.41, 5.74) is 5.95. The molecular formula is C16H15N7O3. The number of carbonyl (C=O) groups excluding carboxylic acids is 3. The van der Waals surface area contributed by atoms with Crippen molar-refractivity contribution in [2.75, 3.05) is 0 Å². The molecule has 0 aliphatic rings. The number of carbonyl (C=O) groups is 3. The zero-order valence-electron chi connectivity index (χ0n) is 13.5. The highest BCUT2D eigenvalue weighted by Crippen LogP contribution is 2.08. The van der Waals surface area contributed by atoms with Crippen molar-refractivity contribution in [3.05, 3.63) is 60.4 Å². The minimum Gasteiger partial charge on any atom is -0.367 e. The van der Waals surface area contributed by atoms with E-state index < -0.39 is 23.6 Å². The van der Waals surface area contributed by atoms with E-state index >= 15 is 0 Å². The molecule has 132 valence electrons. The first kappa shape index (κ1) is 17.0. The van der Waals surface area contributed by atoms with E-state index in [9.17, 15) is 14.4 Å². The van der Waals surface area contributed by atoms with E-state index in [4.69, 9.17) is 5.73 Å². The summed E-state index contributed by atoms with van der Waals surface area (Å²) >= 11 is 0. The fraction of sp³-hybridized carbons (Fsp3) is 0.125. The first-order valence-corrected chi connectivity index (χ1v) is 7.64. The number of nitrogens with zero attached hydrogens (tertiary/aromatic N) is 4. The second kappa shape index (κ2) is 7.38. The Morgan fingerprint density at radius 3 is 2.62 bits per heavy atom. The van der Waals surface area contributed by atoms with Crippen LogP contribution in [0.4, 0.5) is 0 Å². The first-order valence-electron chi connectivity index (χ1n) is 7.64. The van der Waals surface area contributed by atoms with Gasteiger partial charge in [-0.15, -0.1) is 0 Å². The Morgan fingerprint density at radius 1 is 1.19 bits per heavy atom. The summed E-state index contributed by atoms with van der Waals surface area (Å²) in [6.07, 6.45) is 7.88. The molecule has 3 aromatic rings. The Hall–Kier alpha value is -3.82. The van der Waals surface area contributed by atoms with Gasteiger partial charge in [0.05, 0.1) is 6.20 Å². The number of H-pyrrole nitrogens is 1. The van der Waals surface area contributed by atoms with E-state index in [1.165, 1.54) is 29.3 Å². The largest absolute Gasteiger partial charge is 0.367 e. The first-order chi connectivity index (χ1) is 12.6. The number of primary amides is 1. The van der Waals surface area contributed by atoms with Crippen LogP contribution in [0.15, 0.2) is 49.2 Å². The minimum atomic E-state index is -1.12. The SMILES string of the molecule is NC(=O)C(=O)C(Cc1cc[nH]c1)NC(=O)c1ccnn1-c1ncccn1. The fourth-order valence-corrected chi connectivity index (χ4v) is 2.37. The summed E-state index contributed by atoms with van der Waals surface area (Å²) in [5, 5.41) is 6.55. The Labute approximate surface area is 147 Å². The molecule has 0 spiro atoms. The van der Waals surface area contributed by atoms with Crippen molar-refractivity contribution < 1.29 is 14.4 Å². The number of nitrogens with one attached hydrogen (secondary N) is 2. The molecule has 0 fully saturated rings. The molecule has 3 aromatic heterocycles. The van der Waals surface area contributed by atoms with Crippen LogP contribution in [0.3, 0.4) is 0 Å². The molecule has 1 unspecified atom stereocenters. The summed E-state index contributed by atoms with van der Waals surface area (Å²) in [6.45, 7) is 0. The smallest absolute Gasteiger partial charge is 0.287 e. The molecule has 1 atom stereocenters. The standard InChI is InChI=1S/C16H15N7O3/c17-14(25)13(24)11(8-10-2-6-18-9-10)22-15(26)12-3-7-21-23(12)16-19-4-1-5-20-16/h1-7,9,11,18H,8H2,(H2,17,25)(H,22,26). The lowest BCUT2D eigenvalue weighted by Gasteiger charge is -2.16. The van der Waals surface area contributed by atoms with Crippen LogP contribution in [0.25, 0.3) is 5.95 Å². The summed E-state index contributed by atoms with van der Waals surface area (Å²) < 4.78 is 1.23. The summed E-state index contributed by atoms with van der Waals surface area (Å²) in [4.78, 5) is 46.9. The molecule has 10 nitrogen and oxygen atoms in total. The molecule has 3 rings (SSSR count). The van der Waals surface area contributed by atoms with Crippen molar-refractivity contribution in [1.29, 1.82) is 0 Å². The predicted molar refractivity (Wildman–Crippen MR) is 89.1 cm³/mol. The highest BCUT2D eigenvalue weighted by Gasteiger charge is 2.27. The Bertz CT molecular complexity index is 918. The van der Waals surface area contributed by atoms with Crippen molar-refractivity contribution in [2.24, 2.45) is 5.73 Å². The number of hydrogen-bond donors (Lipinski definition) is 3. The predicted octanol–water partition coefficient (Wildman–Crippen LogP) is -0.614. The molecular weight excluding hydrogens is 338 g/mol. The second-order valence-corrected chi connectivity index (χ2v) is 5.35. The topological polar surface area (TPSA) is 149 Å². The molecule has 0 saturated heterocycles. The Morgan fingerprint density at radius 2 is 1.96 bits per heavy atom. The van der Waals surface area contributed by atoms with Gasteiger partial charge in [0.15, 0.2) is 0 Å². The van der Waals surface area contributed by atoms with E-state index in [1.807, 2.05) is 0 Å². The lowest BCUT2D eigenvalue weighted by molar-refractivity contribution is -0.137. The average Bonchev–Trinajstić information content (AvgIpc) is 3.32. The fourth-order valence-electron chi connectivity index (χ4n) is 2.37. The molecule has 2 amide bonds. The van der Waals surface area contributed by atoms with Crippen LogP contribution < -0.4 is 11.1 Å². The number of Topliss-reactive ketones (excluding diaryl/α,β-unsaturated/α-hetero) is 1. The van der Waals surface area contributed by atoms with Gasteiger partial charge in [-0.05, 0) is 23.8 Å². The minimum absolute atomic E-state index is 0.118. The van der Waals surface area contributed by atoms with Crippen LogP contribution in [-0.4, -0.2) is 48.4 Å². The number of aromatic nitrogens is 5. The molecule has 0 saturated carbocycles. The molecule has 3 heterocycles. The van der Waals surface area contributed by atoms with Gasteiger partial charge in [0, 0.05) is 31.2 Å². The molecule has 0 aromatic carbocycles. The number of nitrogens with two attached hydrogens (primary N) is 1. The summed E-state index contributed by atoms with van der Waals surface area (Å²) in [5.74, 6) is -2.41. The third-order valence-corrected chi connectivity index (χ3v) is 3.58. The van der Waals surface area contributed by atoms with Crippen LogP contribution in [0, 0.1) is 0 Å². The Kier molecular flexibility index (Phi) is 4.83. The maximum Gasteiger partial charge on any atom is 0.287 e. The van der Waals surface area contributed by atoms with Crippen LogP contribution in [0.1, 0.15) is 16.1 Å². The van der Waals surface area contributed by atoms with Crippen molar-refractivity contribution in [2.45, 2.75) is 12.5 Å². The van der Waals surface area contributed by atoms with Crippen LogP contribution in [0.2, 0.25) is 0 Å². The van der Waals surface area contributed by atoms with Crippen molar-refractivity contribution in [3.8, 4) is 5.95 Å². The van der Waals surface area contributed by atoms with Gasteiger partial charge >= 0.3 is 0 Å². The number of aromatic amines is 1. The van der Waals surface area contributed by atoms with E-state index in [-0.39, 0.29) is 18.1 Å². The summed E-state index contributed by atoms with van der Waals surface area (Å²) in [7, 11) is 0. The third kappa shape index (κ3) is 3.64. The van der Waals surface area contributed by atoms with Gasteiger partial charge in [-0.2, -0.15) is 9.78 Å². The molecule has 0 aliphatic carbocycles. The third-order valence-electron chi connectivity index (χ3n) is 3.58. The van der Waals surface area contributed by atoms with E-state index in [1.54, 1.807) is 24.5 Å². The average molecular weight is 353 g/mol. The number of hydrogen-bond acceptors (Lipinski definition) is 6. The molecule has 26 heavy (non-hydrogen) atoms. The molecule has 0 aliphatic heterocycles. The number of amides is 2. The van der Waals surface area contributed by atoms with Crippen LogP contribution in [0.5, 0.6) is 0 Å². The lowest BCUT2D eigenvalue weighted by atomic mass is 10.0. The maximum atomic E-state index is 12.6. The van der Waals surface area contributed by atoms with Gasteiger partial charge in [-0.3, -0.25) is 14.4 Å². The zero-order chi connectivity index (χ0) is 18.5. The normalized spacial score (nSPS) is 11.7. The van der Waals surface area contributed by atoms with Gasteiger partial charge in [-0.25, -0.2) is 9.97 Å². The molecule has 0 bridgehead atoms. The molecule has 10 heteroatoms. The maximum absolute atomic E-state index is 12.6. The quantitative estimate of drug-likeness (QED) is 0.482. The van der Waals surface area contributed by atoms with Crippen molar-refractivity contribution in [1.82, 2.24) is 30.0 Å². The monoisotopic (exact) mass is 353 g/mol. The van der Waals surface area contributed by atoms with Crippen molar-refractivity contribution in [3.63, 3.8) is 0 Å². The van der Waals surface area contributed by atoms with E-state index in [0.717, 1.165) is 5.56 Å². The zero-order valence-corrected chi connectivity index (χ0v) is 13.5. The number of ketones is 1. The Balaban J connectivity index is 1.83. The highest BCUT2D eigenvalue weighted by atomic mass is 16.2. The summed E-state index contributed by atoms with van der Waals surface area (Å²) in [6, 6.07) is 3.71. The van der Waals surface area contributed by atoms with E-state index in [0.29, 0.717) is 0 Å². The van der Waals surface area contributed by atoms with Gasteiger partial charge in [0.25, 0.3) is 17.8 Å². The lowest BCUT2D eigenvalue weighted by Crippen LogP contribution is -2.47. The highest BCUT2D eigenvalue weighted by molar-refractivity contribution is 6.38. The van der Waals surface area contributed by atoms with Gasteiger partial charge in [-0.1, -0.05) is 0 Å². The van der Waals surface area contributed by atoms with Gasteiger partial charge in [0.2, 0.25) is 5.78 Å². The van der Waals surface area contributed by atoms with Crippen LogP contribution in [-0.2, 0) is 16.0 Å². The van der Waals surface area contributed by atoms with Gasteiger partial charge in [0.1, 0.15) is 11.7 Å². The van der Waals surface area contributed by atoms with Crippen molar-refractivity contribution >= 4 is 17.6 Å². The van der Waals surface area contributed by atoms with E-state index in [2.05, 4.69) is 25.4 Å². The second-order valence-electron chi connectivity index (χ2n) is 5.35. The van der Waals surface area contributed by atoms with Gasteiger partial charge < -0.3 is 16.0 Å². The molecule has 0 radical (unpaired) electrons. The number of rotatable bonds is 7. The molecule has 4 N–H and O–H groups in total.